The topological polar surface area (TPSA) is 252 Å². The number of aryl methyl sites for hydroxylation is 8. The van der Waals surface area contributed by atoms with Gasteiger partial charge in [-0.05, 0) is 162 Å². The van der Waals surface area contributed by atoms with Crippen LogP contribution in [0.1, 0.15) is 184 Å². The summed E-state index contributed by atoms with van der Waals surface area (Å²) in [6, 6.07) is 67.3. The van der Waals surface area contributed by atoms with Crippen LogP contribution in [-0.2, 0) is 90.2 Å². The number of Topliss-reactive ketones (excluding diaryl/α,β-unsaturated/α-hetero) is 8. The van der Waals surface area contributed by atoms with Gasteiger partial charge in [-0.15, -0.1) is 0 Å². The van der Waals surface area contributed by atoms with E-state index in [2.05, 4.69) is 141 Å². The first-order chi connectivity index (χ1) is 60.6. The summed E-state index contributed by atoms with van der Waals surface area (Å²) in [5.41, 5.74) is 23.2. The van der Waals surface area contributed by atoms with E-state index >= 15 is 0 Å². The van der Waals surface area contributed by atoms with Crippen molar-refractivity contribution >= 4 is 133 Å². The molecule has 8 aromatic heterocycles. The van der Waals surface area contributed by atoms with E-state index in [1.165, 1.54) is 44.3 Å². The maximum absolute atomic E-state index is 13.0. The number of hydrogen-bond acceptors (Lipinski definition) is 10. The van der Waals surface area contributed by atoms with Gasteiger partial charge in [-0.3, -0.25) is 38.4 Å². The molecule has 0 unspecified atom stereocenters. The second-order valence-corrected chi connectivity index (χ2v) is 35.1. The van der Waals surface area contributed by atoms with E-state index in [0.29, 0.717) is 0 Å². The van der Waals surface area contributed by atoms with Crippen LogP contribution >= 0.6 is 0 Å². The van der Waals surface area contributed by atoms with E-state index in [9.17, 15) is 43.5 Å². The number of hydrogen-bond donors (Lipinski definition) is 6. The first kappa shape index (κ1) is 77.9. The van der Waals surface area contributed by atoms with Crippen molar-refractivity contribution < 1.29 is 43.5 Å². The molecule has 124 heavy (non-hydrogen) atoms. The summed E-state index contributed by atoms with van der Waals surface area (Å²) in [6.45, 7) is 5.85. The largest absolute Gasteiger partial charge is 0.387 e. The quantitative estimate of drug-likeness (QED) is 0.0668. The summed E-state index contributed by atoms with van der Waals surface area (Å²) in [6.07, 6.45) is 24.7. The molecule has 0 spiro atoms. The Kier molecular flexibility index (Phi) is 20.0. The van der Waals surface area contributed by atoms with Crippen molar-refractivity contribution in [2.45, 2.75) is 170 Å². The highest BCUT2D eigenvalue weighted by Crippen LogP contribution is 2.53. The van der Waals surface area contributed by atoms with E-state index < -0.39 is 53.4 Å². The van der Waals surface area contributed by atoms with Gasteiger partial charge in [0.25, 0.3) is 0 Å². The molecule has 0 bridgehead atoms. The number of nitrogens with one attached hydrogen (secondary N) is 5. The van der Waals surface area contributed by atoms with Crippen LogP contribution in [0, 0.1) is 0 Å². The summed E-state index contributed by atoms with van der Waals surface area (Å²) < 4.78 is 9.13. The molecule has 18 heteroatoms. The maximum atomic E-state index is 13.0. The van der Waals surface area contributed by atoms with Crippen molar-refractivity contribution in [1.29, 1.82) is 0 Å². The Morgan fingerprint density at radius 3 is 0.766 bits per heavy atom. The van der Waals surface area contributed by atoms with Crippen molar-refractivity contribution in [2.75, 3.05) is 7.05 Å². The SMILES string of the molecule is CN[C@@H](C)[C@@H](O)c1ccccc1.O=C1CC(=O)[C@@H](c2cn3c4c(cccc24)CCC3)[C@@H]1c1c[nH]c2ccccc12.O=C1CC(=O)[C@@H](c2cn3c4c(cccc24)CCC3)[C@@H]1c1c[nH]c2ccccc12.O=C1CC(=O)[C@@H](c2cn3c4c(cccc24)CCC3)[C@@H]1c1c[nH]c2ccccc12.O=C1CC(=O)[C@H](c2cn3c4c(cccc24)CCC3)[C@H]1c1c[nH]c2ccccc12. The van der Waals surface area contributed by atoms with E-state index in [4.69, 9.17) is 0 Å². The number of aromatic amines is 4. The molecule has 10 atom stereocenters. The summed E-state index contributed by atoms with van der Waals surface area (Å²) in [5, 5.41) is 21.4. The van der Waals surface area contributed by atoms with Crippen molar-refractivity contribution in [3.63, 3.8) is 0 Å². The van der Waals surface area contributed by atoms with Gasteiger partial charge >= 0.3 is 0 Å². The lowest BCUT2D eigenvalue weighted by Crippen LogP contribution is -2.28. The minimum atomic E-state index is -0.420. The van der Waals surface area contributed by atoms with Crippen molar-refractivity contribution in [1.82, 2.24) is 43.5 Å². The highest BCUT2D eigenvalue weighted by atomic mass is 16.3. The van der Waals surface area contributed by atoms with Crippen molar-refractivity contribution in [3.8, 4) is 0 Å². The smallest absolute Gasteiger partial charge is 0.148 e. The Bertz CT molecular complexity index is 6410. The third-order valence-corrected chi connectivity index (χ3v) is 28.2. The monoisotopic (exact) mass is 1640 g/mol. The number of aromatic nitrogens is 8. The van der Waals surface area contributed by atoms with Gasteiger partial charge in [0.15, 0.2) is 0 Å². The molecule has 8 aliphatic rings. The number of likely N-dealkylation sites (N-methyl/N-ethyl adjacent to an activating group) is 1. The minimum Gasteiger partial charge on any atom is -0.387 e. The fraction of sp³-hybridized carbons (Fsp3) is 0.264. The fourth-order valence-corrected chi connectivity index (χ4v) is 22.5. The number of ketones is 8. The second-order valence-electron chi connectivity index (χ2n) is 35.1. The van der Waals surface area contributed by atoms with Crippen molar-refractivity contribution in [2.24, 2.45) is 0 Å². The molecule has 9 aromatic carbocycles. The molecule has 4 aliphatic heterocycles. The average Bonchev–Trinajstić information content (AvgIpc) is 1.59. The number of nitrogens with zero attached hydrogens (tertiary/aromatic N) is 4. The summed E-state index contributed by atoms with van der Waals surface area (Å²) >= 11 is 0. The Balaban J connectivity index is 0.0000000970. The molecule has 17 aromatic rings. The van der Waals surface area contributed by atoms with Gasteiger partial charge in [-0.2, -0.15) is 0 Å². The highest BCUT2D eigenvalue weighted by molar-refractivity contribution is 6.19. The predicted molar refractivity (Wildman–Crippen MR) is 485 cm³/mol. The summed E-state index contributed by atoms with van der Waals surface area (Å²) in [4.78, 5) is 117. The van der Waals surface area contributed by atoms with Crippen molar-refractivity contribution in [3.05, 3.63) is 322 Å². The maximum Gasteiger partial charge on any atom is 0.148 e. The number of benzene rings is 9. The zero-order valence-corrected chi connectivity index (χ0v) is 69.3. The zero-order chi connectivity index (χ0) is 84.3. The number of aliphatic hydroxyl groups is 1. The number of carbonyl (C=O) groups excluding carboxylic acids is 8. The number of H-pyrrole nitrogens is 4. The van der Waals surface area contributed by atoms with Gasteiger partial charge in [-0.1, -0.05) is 176 Å². The Hall–Kier alpha value is -13.4. The minimum absolute atomic E-state index is 0.0290. The van der Waals surface area contributed by atoms with Crippen LogP contribution < -0.4 is 5.32 Å². The predicted octanol–water partition coefficient (Wildman–Crippen LogP) is 19.2. The zero-order valence-electron chi connectivity index (χ0n) is 69.3. The van der Waals surface area contributed by atoms with Gasteiger partial charge in [0.2, 0.25) is 0 Å². The Morgan fingerprint density at radius 1 is 0.290 bits per heavy atom. The molecule has 18 nitrogen and oxygen atoms in total. The highest BCUT2D eigenvalue weighted by Gasteiger charge is 2.50. The number of carbonyl (C=O) groups is 8. The molecule has 6 N–H and O–H groups in total. The third kappa shape index (κ3) is 13.2. The third-order valence-electron chi connectivity index (χ3n) is 28.2. The molecular formula is C106H95N9O9. The van der Waals surface area contributed by atoms with Gasteiger partial charge < -0.3 is 48.6 Å². The van der Waals surface area contributed by atoms with Crippen LogP contribution in [0.5, 0.6) is 0 Å². The normalized spacial score (nSPS) is 21.2. The lowest BCUT2D eigenvalue weighted by molar-refractivity contribution is -0.123. The molecule has 618 valence electrons. The first-order valence-corrected chi connectivity index (χ1v) is 43.9. The van der Waals surface area contributed by atoms with Crippen LogP contribution in [-0.4, -0.2) is 103 Å². The summed E-state index contributed by atoms with van der Waals surface area (Å²) in [5.74, 6) is -2.92. The van der Waals surface area contributed by atoms with E-state index in [-0.39, 0.29) is 78.0 Å². The number of fused-ring (bicyclic) bond motifs is 4. The molecule has 0 radical (unpaired) electrons. The number of para-hydroxylation sites is 8. The van der Waals surface area contributed by atoms with E-state index in [1.807, 2.05) is 166 Å². The second kappa shape index (κ2) is 31.8. The van der Waals surface area contributed by atoms with E-state index in [0.717, 1.165) is 193 Å². The van der Waals surface area contributed by atoms with Gasteiger partial charge in [0.05, 0.1) is 101 Å². The molecular weight excluding hydrogens is 1540 g/mol. The standard InChI is InChI=1S/4C24H20N2O2.C10H15NO/c4*27-20-11-21(28)23(22(20)17-12-25-19-9-2-1-7-15(17)19)18-13-26-10-4-6-14-5-3-8-16(18)24(14)26;1-8(11-2)10(12)9-6-4-3-5-7-9/h4*1-3,5,7-9,12-13,22-23,25H,4,6,10-11H2;3-8,10-12H,1-2H3/t4*22-,23-;8-,10+/m11100/s1. The number of aliphatic hydroxyl groups excluding tert-OH is 1. The van der Waals surface area contributed by atoms with Crippen LogP contribution in [0.15, 0.2) is 250 Å². The van der Waals surface area contributed by atoms with Gasteiger partial charge in [0, 0.05) is 147 Å². The van der Waals surface area contributed by atoms with Crippen LogP contribution in [0.25, 0.3) is 87.2 Å². The molecule has 0 amide bonds. The van der Waals surface area contributed by atoms with Gasteiger partial charge in [-0.25, -0.2) is 0 Å². The van der Waals surface area contributed by atoms with Crippen LogP contribution in [0.4, 0.5) is 0 Å². The van der Waals surface area contributed by atoms with Crippen LogP contribution in [0.2, 0.25) is 0 Å². The average molecular weight is 1640 g/mol. The molecule has 12 heterocycles. The lowest BCUT2D eigenvalue weighted by Gasteiger charge is -2.17. The molecule has 25 rings (SSSR count). The Morgan fingerprint density at radius 2 is 0.516 bits per heavy atom. The molecule has 4 aliphatic carbocycles. The lowest BCUT2D eigenvalue weighted by atomic mass is 9.83. The number of rotatable bonds is 11. The van der Waals surface area contributed by atoms with Gasteiger partial charge in [0.1, 0.15) is 46.3 Å². The first-order valence-electron chi connectivity index (χ1n) is 43.9. The fourth-order valence-electron chi connectivity index (χ4n) is 22.5. The Labute approximate surface area is 715 Å². The molecule has 4 fully saturated rings. The van der Waals surface area contributed by atoms with Crippen LogP contribution in [0.3, 0.4) is 0 Å². The molecule has 0 saturated heterocycles. The summed E-state index contributed by atoms with van der Waals surface area (Å²) in [7, 11) is 1.84. The molecule has 4 saturated carbocycles. The van der Waals surface area contributed by atoms with E-state index in [1.54, 1.807) is 0 Å².